The molecule has 1 aromatic rings. The Morgan fingerprint density at radius 3 is 2.52 bits per heavy atom. The van der Waals surface area contributed by atoms with Crippen molar-refractivity contribution < 1.29 is 14.1 Å². The first-order chi connectivity index (χ1) is 14.6. The predicted octanol–water partition coefficient (Wildman–Crippen LogP) is 3.62. The molecule has 31 heavy (non-hydrogen) atoms. The average molecular weight is 426 g/mol. The fourth-order valence-electron chi connectivity index (χ4n) is 6.28. The molecule has 1 aliphatic heterocycles. The topological polar surface area (TPSA) is 59.6 Å². The summed E-state index contributed by atoms with van der Waals surface area (Å²) < 4.78 is 13.2. The van der Waals surface area contributed by atoms with Crippen LogP contribution >= 0.6 is 0 Å². The van der Waals surface area contributed by atoms with Crippen molar-refractivity contribution in [2.75, 3.05) is 7.05 Å². The molecule has 3 aliphatic carbocycles. The minimum absolute atomic E-state index is 0.00820. The van der Waals surface area contributed by atoms with E-state index in [9.17, 15) is 4.79 Å². The van der Waals surface area contributed by atoms with E-state index in [2.05, 4.69) is 57.4 Å². The van der Waals surface area contributed by atoms with Crippen molar-refractivity contribution in [3.8, 4) is 0 Å². The molecule has 6 atom stereocenters. The van der Waals surface area contributed by atoms with Crippen molar-refractivity contribution in [3.63, 3.8) is 0 Å². The van der Waals surface area contributed by atoms with E-state index in [4.69, 9.17) is 9.31 Å². The summed E-state index contributed by atoms with van der Waals surface area (Å²) in [5, 5.41) is 6.47. The summed E-state index contributed by atoms with van der Waals surface area (Å²) in [5.74, 6) is 1.53. The van der Waals surface area contributed by atoms with Crippen molar-refractivity contribution in [3.05, 3.63) is 35.9 Å². The number of likely N-dealkylation sites (N-methyl/N-ethyl adjacent to an activating group) is 1. The maximum absolute atomic E-state index is 13.2. The Kier molecular flexibility index (Phi) is 6.28. The first-order valence-corrected chi connectivity index (χ1v) is 12.0. The second kappa shape index (κ2) is 8.53. The number of benzene rings is 1. The molecule has 0 spiro atoms. The summed E-state index contributed by atoms with van der Waals surface area (Å²) in [6, 6.07) is 9.85. The van der Waals surface area contributed by atoms with E-state index < -0.39 is 0 Å². The van der Waals surface area contributed by atoms with Crippen LogP contribution in [0.15, 0.2) is 30.3 Å². The van der Waals surface area contributed by atoms with E-state index in [1.54, 1.807) is 0 Å². The van der Waals surface area contributed by atoms with Crippen LogP contribution in [0.4, 0.5) is 0 Å². The zero-order valence-electron chi connectivity index (χ0n) is 20.0. The van der Waals surface area contributed by atoms with E-state index in [0.717, 1.165) is 24.3 Å². The van der Waals surface area contributed by atoms with Gasteiger partial charge in [0.05, 0.1) is 23.7 Å². The van der Waals surface area contributed by atoms with E-state index >= 15 is 0 Å². The van der Waals surface area contributed by atoms with Gasteiger partial charge in [-0.05, 0) is 68.4 Å². The first-order valence-electron chi connectivity index (χ1n) is 12.0. The molecular formula is C25H39BN2O3. The molecule has 4 fully saturated rings. The molecular weight excluding hydrogens is 387 g/mol. The van der Waals surface area contributed by atoms with Crippen LogP contribution in [0.1, 0.15) is 59.4 Å². The molecule has 5 rings (SSSR count). The second-order valence-electron chi connectivity index (χ2n) is 11.1. The fraction of sp³-hybridized carbons (Fsp3) is 0.720. The van der Waals surface area contributed by atoms with Crippen LogP contribution in [0.25, 0.3) is 0 Å². The highest BCUT2D eigenvalue weighted by atomic mass is 16.7. The molecule has 5 nitrogen and oxygen atoms in total. The predicted molar refractivity (Wildman–Crippen MR) is 124 cm³/mol. The molecule has 0 radical (unpaired) electrons. The lowest BCUT2D eigenvalue weighted by Crippen LogP contribution is -2.65. The summed E-state index contributed by atoms with van der Waals surface area (Å²) in [5.41, 5.74) is 1.20. The quantitative estimate of drug-likeness (QED) is 0.624. The van der Waals surface area contributed by atoms with Crippen LogP contribution < -0.4 is 10.6 Å². The Balaban J connectivity index is 1.46. The molecule has 1 heterocycles. The van der Waals surface area contributed by atoms with Gasteiger partial charge in [-0.3, -0.25) is 4.79 Å². The number of hydrogen-bond donors (Lipinski definition) is 2. The van der Waals surface area contributed by atoms with Gasteiger partial charge in [-0.15, -0.1) is 0 Å². The molecule has 1 aromatic carbocycles. The molecule has 2 N–H and O–H groups in total. The van der Waals surface area contributed by atoms with E-state index in [0.29, 0.717) is 23.7 Å². The maximum Gasteiger partial charge on any atom is 0.481 e. The van der Waals surface area contributed by atoms with Crippen LogP contribution in [0.2, 0.25) is 0 Å². The Bertz CT molecular complexity index is 786. The van der Waals surface area contributed by atoms with E-state index in [1.807, 2.05) is 25.2 Å². The molecule has 2 bridgehead atoms. The molecule has 3 unspecified atom stereocenters. The highest BCUT2D eigenvalue weighted by molar-refractivity contribution is 6.47. The van der Waals surface area contributed by atoms with E-state index in [1.165, 1.54) is 6.42 Å². The molecule has 0 aromatic heterocycles. The largest absolute Gasteiger partial charge is 0.481 e. The minimum Gasteiger partial charge on any atom is -0.404 e. The number of carbonyl (C=O) groups excluding carboxylic acids is 1. The number of rotatable bonds is 8. The average Bonchev–Trinajstić information content (AvgIpc) is 3.08. The molecule has 6 heteroatoms. The molecule has 4 aliphatic rings. The Labute approximate surface area is 188 Å². The van der Waals surface area contributed by atoms with Crippen LogP contribution in [0.5, 0.6) is 0 Å². The van der Waals surface area contributed by atoms with Gasteiger partial charge in [0.15, 0.2) is 0 Å². The van der Waals surface area contributed by atoms with Gasteiger partial charge in [-0.25, -0.2) is 0 Å². The number of amides is 1. The highest BCUT2D eigenvalue weighted by Gasteiger charge is 2.68. The van der Waals surface area contributed by atoms with Crippen LogP contribution in [-0.2, 0) is 20.5 Å². The van der Waals surface area contributed by atoms with Gasteiger partial charge in [0, 0.05) is 0 Å². The van der Waals surface area contributed by atoms with Crippen LogP contribution in [0.3, 0.4) is 0 Å². The highest BCUT2D eigenvalue weighted by Crippen LogP contribution is 2.65. The molecule has 1 saturated heterocycles. The van der Waals surface area contributed by atoms with Crippen molar-refractivity contribution in [2.45, 2.75) is 84.0 Å². The van der Waals surface area contributed by atoms with Gasteiger partial charge in [-0.1, -0.05) is 58.0 Å². The van der Waals surface area contributed by atoms with Crippen LogP contribution in [0, 0.1) is 23.2 Å². The zero-order valence-corrected chi connectivity index (χ0v) is 20.0. The summed E-state index contributed by atoms with van der Waals surface area (Å²) in [6.07, 6.45) is 3.91. The van der Waals surface area contributed by atoms with Gasteiger partial charge in [0.1, 0.15) is 0 Å². The number of nitrogens with one attached hydrogen (secondary N) is 2. The Morgan fingerprint density at radius 2 is 1.90 bits per heavy atom. The van der Waals surface area contributed by atoms with Gasteiger partial charge >= 0.3 is 7.12 Å². The normalized spacial score (nSPS) is 32.9. The lowest BCUT2D eigenvalue weighted by Gasteiger charge is -2.64. The van der Waals surface area contributed by atoms with Crippen LogP contribution in [-0.4, -0.2) is 43.8 Å². The van der Waals surface area contributed by atoms with Gasteiger partial charge in [0.25, 0.3) is 0 Å². The molecule has 3 saturated carbocycles. The Hall–Kier alpha value is -1.37. The minimum atomic E-state index is -0.384. The maximum atomic E-state index is 13.2. The summed E-state index contributed by atoms with van der Waals surface area (Å²) in [7, 11) is 1.46. The zero-order chi connectivity index (χ0) is 22.4. The van der Waals surface area contributed by atoms with Gasteiger partial charge in [0.2, 0.25) is 5.91 Å². The number of carbonyl (C=O) groups is 1. The number of hydrogen-bond acceptors (Lipinski definition) is 4. The lowest BCUT2D eigenvalue weighted by molar-refractivity contribution is -0.199. The van der Waals surface area contributed by atoms with Crippen molar-refractivity contribution in [1.29, 1.82) is 0 Å². The standard InChI is InChI=1S/C25H39BN2O3/c1-16(2)12-22(28-23(29)19(27-6)13-17-10-8-7-9-11-17)26-30-21-15-18-14-20(24(18,3)4)25(21,5)31-26/h7-11,16,18-22,27H,12-15H2,1-6H3,(H,28,29)/t18?,19?,20-,21+,22?,25-/m0/s1. The lowest BCUT2D eigenvalue weighted by atomic mass is 9.43. The first kappa shape index (κ1) is 22.8. The fourth-order valence-corrected chi connectivity index (χ4v) is 6.28. The third-order valence-corrected chi connectivity index (χ3v) is 8.30. The molecule has 1 amide bonds. The smallest absolute Gasteiger partial charge is 0.404 e. The van der Waals surface area contributed by atoms with Gasteiger partial charge in [-0.2, -0.15) is 0 Å². The SMILES string of the molecule is CNC(Cc1ccccc1)C(=O)NC(CC(C)C)B1O[C@@H]2CC3C[C@@H](C3(C)C)[C@]2(C)O1. The third kappa shape index (κ3) is 4.19. The summed E-state index contributed by atoms with van der Waals surface area (Å²) in [4.78, 5) is 13.2. The monoisotopic (exact) mass is 426 g/mol. The van der Waals surface area contributed by atoms with Crippen molar-refractivity contribution in [2.24, 2.45) is 23.2 Å². The van der Waals surface area contributed by atoms with Crippen molar-refractivity contribution >= 4 is 13.0 Å². The summed E-state index contributed by atoms with van der Waals surface area (Å²) in [6.45, 7) is 11.3. The van der Waals surface area contributed by atoms with Gasteiger partial charge < -0.3 is 19.9 Å². The third-order valence-electron chi connectivity index (χ3n) is 8.30. The molecule has 170 valence electrons. The van der Waals surface area contributed by atoms with E-state index in [-0.39, 0.29) is 36.7 Å². The summed E-state index contributed by atoms with van der Waals surface area (Å²) >= 11 is 0. The Morgan fingerprint density at radius 1 is 1.19 bits per heavy atom. The van der Waals surface area contributed by atoms with Crippen molar-refractivity contribution in [1.82, 2.24) is 10.6 Å². The second-order valence-corrected chi connectivity index (χ2v) is 11.1.